The number of amides is 1. The summed E-state index contributed by atoms with van der Waals surface area (Å²) in [5.74, 6) is 0.758. The largest absolute Gasteiger partial charge is 0.307 e. The molecule has 4 heteroatoms. The summed E-state index contributed by atoms with van der Waals surface area (Å²) in [4.78, 5) is 12.3. The van der Waals surface area contributed by atoms with Crippen molar-refractivity contribution >= 4 is 29.3 Å². The standard InChI is InChI=1S/C5H6ClNOS/c6-3-5(8)7-1-2-9-4-7/h1-2H,3-4H2. The highest BCUT2D eigenvalue weighted by molar-refractivity contribution is 8.02. The topological polar surface area (TPSA) is 20.3 Å². The number of alkyl halides is 1. The van der Waals surface area contributed by atoms with Gasteiger partial charge in [-0.15, -0.1) is 23.4 Å². The summed E-state index contributed by atoms with van der Waals surface area (Å²) in [5.41, 5.74) is 0. The molecule has 50 valence electrons. The third kappa shape index (κ3) is 1.63. The second-order valence-corrected chi connectivity index (χ2v) is 2.71. The van der Waals surface area contributed by atoms with E-state index in [4.69, 9.17) is 11.6 Å². The molecule has 1 aliphatic rings. The van der Waals surface area contributed by atoms with Crippen LogP contribution in [0.15, 0.2) is 11.6 Å². The summed E-state index contributed by atoms with van der Waals surface area (Å²) >= 11 is 6.89. The van der Waals surface area contributed by atoms with Crippen LogP contribution in [-0.4, -0.2) is 22.6 Å². The Balaban J connectivity index is 2.43. The number of thioether (sulfide) groups is 1. The first-order valence-electron chi connectivity index (χ1n) is 2.48. The van der Waals surface area contributed by atoms with Crippen molar-refractivity contribution in [1.29, 1.82) is 0 Å². The van der Waals surface area contributed by atoms with Gasteiger partial charge in [0, 0.05) is 6.20 Å². The quantitative estimate of drug-likeness (QED) is 0.542. The molecule has 0 N–H and O–H groups in total. The number of hydrogen-bond acceptors (Lipinski definition) is 2. The average Bonchev–Trinajstić information content (AvgIpc) is 2.37. The van der Waals surface area contributed by atoms with Crippen LogP contribution in [0.5, 0.6) is 0 Å². The molecule has 0 saturated carbocycles. The molecule has 0 bridgehead atoms. The van der Waals surface area contributed by atoms with Crippen molar-refractivity contribution in [2.45, 2.75) is 0 Å². The Morgan fingerprint density at radius 2 is 2.67 bits per heavy atom. The van der Waals surface area contributed by atoms with Gasteiger partial charge in [-0.2, -0.15) is 0 Å². The number of carbonyl (C=O) groups excluding carboxylic acids is 1. The maximum atomic E-state index is 10.7. The van der Waals surface area contributed by atoms with Gasteiger partial charge in [0.15, 0.2) is 0 Å². The van der Waals surface area contributed by atoms with Crippen molar-refractivity contribution in [3.05, 3.63) is 11.6 Å². The monoisotopic (exact) mass is 163 g/mol. The number of hydrogen-bond donors (Lipinski definition) is 0. The van der Waals surface area contributed by atoms with Crippen molar-refractivity contribution in [3.8, 4) is 0 Å². The lowest BCUT2D eigenvalue weighted by Crippen LogP contribution is -2.23. The second kappa shape index (κ2) is 3.13. The van der Waals surface area contributed by atoms with E-state index in [-0.39, 0.29) is 11.8 Å². The van der Waals surface area contributed by atoms with Gasteiger partial charge in [-0.25, -0.2) is 0 Å². The molecule has 0 aromatic heterocycles. The minimum Gasteiger partial charge on any atom is -0.307 e. The van der Waals surface area contributed by atoms with Crippen molar-refractivity contribution in [3.63, 3.8) is 0 Å². The van der Waals surface area contributed by atoms with Crippen LogP contribution in [0.25, 0.3) is 0 Å². The van der Waals surface area contributed by atoms with Gasteiger partial charge in [0.05, 0.1) is 5.88 Å². The van der Waals surface area contributed by atoms with E-state index in [1.54, 1.807) is 22.9 Å². The smallest absolute Gasteiger partial charge is 0.242 e. The summed E-state index contributed by atoms with van der Waals surface area (Å²) in [5, 5.41) is 1.88. The molecule has 0 spiro atoms. The summed E-state index contributed by atoms with van der Waals surface area (Å²) < 4.78 is 0. The van der Waals surface area contributed by atoms with Crippen molar-refractivity contribution in [2.75, 3.05) is 11.8 Å². The zero-order valence-corrected chi connectivity index (χ0v) is 6.28. The lowest BCUT2D eigenvalue weighted by molar-refractivity contribution is -0.125. The Labute approximate surface area is 62.9 Å². The van der Waals surface area contributed by atoms with Gasteiger partial charge in [0.25, 0.3) is 0 Å². The highest BCUT2D eigenvalue weighted by Gasteiger charge is 2.11. The van der Waals surface area contributed by atoms with Gasteiger partial charge in [-0.05, 0) is 5.41 Å². The molecular weight excluding hydrogens is 158 g/mol. The van der Waals surface area contributed by atoms with Gasteiger partial charge >= 0.3 is 0 Å². The van der Waals surface area contributed by atoms with E-state index in [9.17, 15) is 4.79 Å². The lowest BCUT2D eigenvalue weighted by atomic mass is 10.6. The minimum absolute atomic E-state index is 0.0297. The molecule has 0 aromatic carbocycles. The highest BCUT2D eigenvalue weighted by Crippen LogP contribution is 2.14. The van der Waals surface area contributed by atoms with E-state index in [1.165, 1.54) is 0 Å². The van der Waals surface area contributed by atoms with Crippen LogP contribution in [0.3, 0.4) is 0 Å². The maximum absolute atomic E-state index is 10.7. The molecule has 0 fully saturated rings. The fourth-order valence-electron chi connectivity index (χ4n) is 0.515. The molecule has 0 unspecified atom stereocenters. The molecule has 0 aliphatic carbocycles. The zero-order valence-electron chi connectivity index (χ0n) is 4.71. The molecule has 0 saturated heterocycles. The van der Waals surface area contributed by atoms with E-state index in [0.717, 1.165) is 0 Å². The molecule has 1 rings (SSSR count). The van der Waals surface area contributed by atoms with E-state index in [2.05, 4.69) is 0 Å². The van der Waals surface area contributed by atoms with E-state index in [1.807, 2.05) is 5.41 Å². The Morgan fingerprint density at radius 3 is 3.11 bits per heavy atom. The summed E-state index contributed by atoms with van der Waals surface area (Å²) in [6.45, 7) is 0. The first-order chi connectivity index (χ1) is 4.34. The molecule has 1 aliphatic heterocycles. The third-order valence-electron chi connectivity index (χ3n) is 0.985. The van der Waals surface area contributed by atoms with Crippen LogP contribution in [-0.2, 0) is 4.79 Å². The van der Waals surface area contributed by atoms with Gasteiger partial charge in [0.1, 0.15) is 5.88 Å². The van der Waals surface area contributed by atoms with E-state index < -0.39 is 0 Å². The van der Waals surface area contributed by atoms with Crippen molar-refractivity contribution in [2.24, 2.45) is 0 Å². The summed E-state index contributed by atoms with van der Waals surface area (Å²) in [6, 6.07) is 0. The van der Waals surface area contributed by atoms with Crippen LogP contribution in [0.4, 0.5) is 0 Å². The first kappa shape index (κ1) is 6.96. The van der Waals surface area contributed by atoms with Crippen molar-refractivity contribution in [1.82, 2.24) is 4.90 Å². The second-order valence-electron chi connectivity index (χ2n) is 1.58. The fourth-order valence-corrected chi connectivity index (χ4v) is 1.38. The third-order valence-corrected chi connectivity index (χ3v) is 1.96. The summed E-state index contributed by atoms with van der Waals surface area (Å²) in [7, 11) is 0. The SMILES string of the molecule is O=C(CCl)N1C=CSC1. The Morgan fingerprint density at radius 1 is 1.89 bits per heavy atom. The number of carbonyl (C=O) groups is 1. The predicted octanol–water partition coefficient (Wildman–Crippen LogP) is 1.23. The Bertz CT molecular complexity index is 148. The number of halogens is 1. The Kier molecular flexibility index (Phi) is 2.42. The van der Waals surface area contributed by atoms with Gasteiger partial charge in [-0.3, -0.25) is 4.79 Å². The fraction of sp³-hybridized carbons (Fsp3) is 0.400. The molecule has 0 atom stereocenters. The average molecular weight is 164 g/mol. The van der Waals surface area contributed by atoms with Gasteiger partial charge in [-0.1, -0.05) is 0 Å². The van der Waals surface area contributed by atoms with Gasteiger partial charge < -0.3 is 4.90 Å². The maximum Gasteiger partial charge on any atom is 0.242 e. The molecule has 1 amide bonds. The van der Waals surface area contributed by atoms with Crippen LogP contribution in [0.2, 0.25) is 0 Å². The molecule has 1 heterocycles. The molecule has 2 nitrogen and oxygen atoms in total. The van der Waals surface area contributed by atoms with E-state index >= 15 is 0 Å². The van der Waals surface area contributed by atoms with Gasteiger partial charge in [0.2, 0.25) is 5.91 Å². The van der Waals surface area contributed by atoms with Crippen molar-refractivity contribution < 1.29 is 4.79 Å². The predicted molar refractivity (Wildman–Crippen MR) is 39.2 cm³/mol. The Hall–Kier alpha value is -0.150. The molecular formula is C5H6ClNOS. The van der Waals surface area contributed by atoms with E-state index in [0.29, 0.717) is 5.88 Å². The minimum atomic E-state index is -0.0297. The highest BCUT2D eigenvalue weighted by atomic mass is 35.5. The van der Waals surface area contributed by atoms with Crippen LogP contribution in [0, 0.1) is 0 Å². The lowest BCUT2D eigenvalue weighted by Gasteiger charge is -2.08. The number of nitrogens with zero attached hydrogens (tertiary/aromatic N) is 1. The molecule has 0 aromatic rings. The number of rotatable bonds is 1. The van der Waals surface area contributed by atoms with Crippen LogP contribution >= 0.6 is 23.4 Å². The molecule has 0 radical (unpaired) electrons. The first-order valence-corrected chi connectivity index (χ1v) is 4.06. The normalized spacial score (nSPS) is 16.8. The zero-order chi connectivity index (χ0) is 6.69. The molecule has 9 heavy (non-hydrogen) atoms. The van der Waals surface area contributed by atoms with Crippen LogP contribution < -0.4 is 0 Å². The summed E-state index contributed by atoms with van der Waals surface area (Å²) in [6.07, 6.45) is 1.75. The van der Waals surface area contributed by atoms with Crippen LogP contribution in [0.1, 0.15) is 0 Å².